The van der Waals surface area contributed by atoms with Gasteiger partial charge in [-0.25, -0.2) is 4.39 Å². The molecule has 3 aromatic rings. The molecule has 0 aliphatic rings. The molecule has 5 heteroatoms. The minimum absolute atomic E-state index is 0.0287. The monoisotopic (exact) mass is 383 g/mol. The van der Waals surface area contributed by atoms with Gasteiger partial charge in [-0.05, 0) is 36.8 Å². The molecular formula is C22H19ClFNO2. The number of halogens is 2. The number of aromatic hydroxyl groups is 2. The van der Waals surface area contributed by atoms with E-state index in [1.165, 1.54) is 18.2 Å². The molecule has 0 aliphatic heterocycles. The van der Waals surface area contributed by atoms with Gasteiger partial charge in [-0.3, -0.25) is 4.99 Å². The minimum Gasteiger partial charge on any atom is -0.508 e. The van der Waals surface area contributed by atoms with Crippen molar-refractivity contribution in [3.05, 3.63) is 93.8 Å². The molecule has 138 valence electrons. The van der Waals surface area contributed by atoms with E-state index in [0.717, 1.165) is 5.56 Å². The van der Waals surface area contributed by atoms with Crippen molar-refractivity contribution >= 4 is 17.8 Å². The van der Waals surface area contributed by atoms with E-state index < -0.39 is 5.82 Å². The summed E-state index contributed by atoms with van der Waals surface area (Å²) in [6.07, 6.45) is 1.53. The van der Waals surface area contributed by atoms with Crippen molar-refractivity contribution in [2.45, 2.75) is 19.4 Å². The first-order chi connectivity index (χ1) is 13.0. The second-order valence-electron chi connectivity index (χ2n) is 6.24. The highest BCUT2D eigenvalue weighted by atomic mass is 35.5. The minimum atomic E-state index is -0.488. The highest BCUT2D eigenvalue weighted by Crippen LogP contribution is 2.34. The summed E-state index contributed by atoms with van der Waals surface area (Å²) in [6, 6.07) is 17.1. The topological polar surface area (TPSA) is 52.8 Å². The van der Waals surface area contributed by atoms with E-state index >= 15 is 0 Å². The number of phenols is 2. The van der Waals surface area contributed by atoms with Crippen LogP contribution in [0.15, 0.2) is 65.7 Å². The van der Waals surface area contributed by atoms with E-state index in [4.69, 9.17) is 11.6 Å². The maximum Gasteiger partial charge on any atom is 0.131 e. The molecule has 27 heavy (non-hydrogen) atoms. The molecule has 2 N–H and O–H groups in total. The molecule has 0 amide bonds. The van der Waals surface area contributed by atoms with Gasteiger partial charge >= 0.3 is 0 Å². The normalized spacial score (nSPS) is 12.4. The first-order valence-corrected chi connectivity index (χ1v) is 8.90. The predicted octanol–water partition coefficient (Wildman–Crippen LogP) is 5.66. The highest BCUT2D eigenvalue weighted by molar-refractivity contribution is 6.31. The van der Waals surface area contributed by atoms with E-state index in [1.54, 1.807) is 18.3 Å². The molecule has 0 fully saturated rings. The van der Waals surface area contributed by atoms with E-state index in [-0.39, 0.29) is 40.1 Å². The fraction of sp³-hybridized carbons (Fsp3) is 0.136. The van der Waals surface area contributed by atoms with Gasteiger partial charge in [-0.2, -0.15) is 0 Å². The third-order valence-corrected chi connectivity index (χ3v) is 4.78. The van der Waals surface area contributed by atoms with Crippen LogP contribution in [0.4, 0.5) is 4.39 Å². The number of nitrogens with zero attached hydrogens (tertiary/aromatic N) is 1. The maximum atomic E-state index is 14.1. The third-order valence-electron chi connectivity index (χ3n) is 4.42. The average Bonchev–Trinajstić information content (AvgIpc) is 2.67. The summed E-state index contributed by atoms with van der Waals surface area (Å²) >= 11 is 6.06. The summed E-state index contributed by atoms with van der Waals surface area (Å²) in [4.78, 5) is 4.47. The lowest BCUT2D eigenvalue weighted by Gasteiger charge is -2.12. The Hall–Kier alpha value is -2.85. The Kier molecular flexibility index (Phi) is 5.77. The first-order valence-electron chi connectivity index (χ1n) is 8.52. The van der Waals surface area contributed by atoms with Crippen molar-refractivity contribution in [3.63, 3.8) is 0 Å². The molecule has 0 bridgehead atoms. The molecule has 0 aromatic heterocycles. The van der Waals surface area contributed by atoms with Gasteiger partial charge in [0.05, 0.1) is 6.04 Å². The zero-order valence-electron chi connectivity index (χ0n) is 14.7. The number of benzene rings is 3. The van der Waals surface area contributed by atoms with Crippen LogP contribution in [0.5, 0.6) is 11.5 Å². The lowest BCUT2D eigenvalue weighted by Crippen LogP contribution is -1.98. The van der Waals surface area contributed by atoms with Crippen LogP contribution in [0, 0.1) is 5.82 Å². The van der Waals surface area contributed by atoms with Crippen LogP contribution in [0.3, 0.4) is 0 Å². The van der Waals surface area contributed by atoms with E-state index in [0.29, 0.717) is 5.56 Å². The Balaban J connectivity index is 1.91. The van der Waals surface area contributed by atoms with Crippen molar-refractivity contribution in [1.29, 1.82) is 0 Å². The number of phenolic OH excluding ortho intramolecular Hbond substituents is 2. The van der Waals surface area contributed by atoms with Crippen molar-refractivity contribution in [2.75, 3.05) is 0 Å². The first kappa shape index (κ1) is 18.9. The SMILES string of the molecule is C[C@H](N=Cc1ccc(O)c(Cc2c(F)cccc2Cl)c1O)c1ccccc1. The van der Waals surface area contributed by atoms with Crippen LogP contribution in [-0.4, -0.2) is 16.4 Å². The van der Waals surface area contributed by atoms with Crippen molar-refractivity contribution in [1.82, 2.24) is 0 Å². The zero-order valence-corrected chi connectivity index (χ0v) is 15.5. The second kappa shape index (κ2) is 8.23. The van der Waals surface area contributed by atoms with Crippen molar-refractivity contribution in [3.8, 4) is 11.5 Å². The van der Waals surface area contributed by atoms with Crippen LogP contribution in [0.1, 0.15) is 35.2 Å². The maximum absolute atomic E-state index is 14.1. The summed E-state index contributed by atoms with van der Waals surface area (Å²) in [5, 5.41) is 21.0. The van der Waals surface area contributed by atoms with Crippen LogP contribution < -0.4 is 0 Å². The number of hydrogen-bond donors (Lipinski definition) is 2. The van der Waals surface area contributed by atoms with Gasteiger partial charge in [0.1, 0.15) is 17.3 Å². The fourth-order valence-electron chi connectivity index (χ4n) is 2.81. The van der Waals surface area contributed by atoms with Crippen LogP contribution in [-0.2, 0) is 6.42 Å². The van der Waals surface area contributed by atoms with Gasteiger partial charge in [0.2, 0.25) is 0 Å². The van der Waals surface area contributed by atoms with Crippen LogP contribution in [0.2, 0.25) is 5.02 Å². The summed E-state index contributed by atoms with van der Waals surface area (Å²) < 4.78 is 14.1. The molecule has 0 radical (unpaired) electrons. The van der Waals surface area contributed by atoms with E-state index in [2.05, 4.69) is 4.99 Å². The Morgan fingerprint density at radius 2 is 1.74 bits per heavy atom. The number of hydrogen-bond acceptors (Lipinski definition) is 3. The quantitative estimate of drug-likeness (QED) is 0.558. The Bertz CT molecular complexity index is 953. The van der Waals surface area contributed by atoms with E-state index in [1.807, 2.05) is 37.3 Å². The summed E-state index contributed by atoms with van der Waals surface area (Å²) in [5.74, 6) is -0.753. The lowest BCUT2D eigenvalue weighted by molar-refractivity contribution is 0.439. The van der Waals surface area contributed by atoms with Crippen molar-refractivity contribution in [2.24, 2.45) is 4.99 Å². The molecule has 3 nitrogen and oxygen atoms in total. The molecular weight excluding hydrogens is 365 g/mol. The predicted molar refractivity (Wildman–Crippen MR) is 106 cm³/mol. The van der Waals surface area contributed by atoms with Crippen LogP contribution in [0.25, 0.3) is 0 Å². The standard InChI is InChI=1S/C22H19ClFNO2/c1-14(15-6-3-2-4-7-15)25-13-16-10-11-21(26)18(22(16)27)12-17-19(23)8-5-9-20(17)24/h2-11,13-14,26-27H,12H2,1H3/t14-/m0/s1. The summed E-state index contributed by atoms with van der Waals surface area (Å²) in [7, 11) is 0. The molecule has 1 atom stereocenters. The fourth-order valence-corrected chi connectivity index (χ4v) is 3.04. The molecule has 0 saturated heterocycles. The van der Waals surface area contributed by atoms with Gasteiger partial charge in [0.15, 0.2) is 0 Å². The average molecular weight is 384 g/mol. The Morgan fingerprint density at radius 3 is 2.44 bits per heavy atom. The van der Waals surface area contributed by atoms with Gasteiger partial charge in [-0.1, -0.05) is 48.0 Å². The van der Waals surface area contributed by atoms with Gasteiger partial charge < -0.3 is 10.2 Å². The Morgan fingerprint density at radius 1 is 1.00 bits per heavy atom. The smallest absolute Gasteiger partial charge is 0.131 e. The summed E-state index contributed by atoms with van der Waals surface area (Å²) in [5.41, 5.74) is 1.92. The van der Waals surface area contributed by atoms with Gasteiger partial charge in [0, 0.05) is 34.3 Å². The molecule has 3 rings (SSSR count). The second-order valence-corrected chi connectivity index (χ2v) is 6.65. The third kappa shape index (κ3) is 4.29. The highest BCUT2D eigenvalue weighted by Gasteiger charge is 2.16. The van der Waals surface area contributed by atoms with Gasteiger partial charge in [-0.15, -0.1) is 0 Å². The molecule has 0 saturated carbocycles. The lowest BCUT2D eigenvalue weighted by atomic mass is 10.00. The number of rotatable bonds is 5. The molecule has 0 heterocycles. The van der Waals surface area contributed by atoms with Crippen molar-refractivity contribution < 1.29 is 14.6 Å². The molecule has 0 aliphatic carbocycles. The molecule has 0 unspecified atom stereocenters. The largest absolute Gasteiger partial charge is 0.508 e. The zero-order chi connectivity index (χ0) is 19.4. The molecule has 0 spiro atoms. The summed E-state index contributed by atoms with van der Waals surface area (Å²) in [6.45, 7) is 1.95. The van der Waals surface area contributed by atoms with Crippen LogP contribution >= 0.6 is 11.6 Å². The number of aliphatic imine (C=N–C) groups is 1. The van der Waals surface area contributed by atoms with Gasteiger partial charge in [0.25, 0.3) is 0 Å². The Labute approximate surface area is 162 Å². The van der Waals surface area contributed by atoms with E-state index in [9.17, 15) is 14.6 Å². The molecule has 3 aromatic carbocycles.